The maximum atomic E-state index is 9.55. The first kappa shape index (κ1) is 24.7. The molecule has 2 aromatic carbocycles. The van der Waals surface area contributed by atoms with E-state index in [9.17, 15) is 9.59 Å². The maximum Gasteiger partial charge on any atom is 0.328 e. The zero-order chi connectivity index (χ0) is 23.7. The lowest BCUT2D eigenvalue weighted by Gasteiger charge is -2.35. The Morgan fingerprint density at radius 3 is 2.16 bits per heavy atom. The van der Waals surface area contributed by atoms with E-state index in [1.165, 1.54) is 16.7 Å². The van der Waals surface area contributed by atoms with Gasteiger partial charge in [0.15, 0.2) is 11.5 Å². The molecule has 1 heterocycles. The lowest BCUT2D eigenvalue weighted by atomic mass is 9.88. The van der Waals surface area contributed by atoms with Crippen molar-refractivity contribution in [1.82, 2.24) is 4.90 Å². The molecule has 1 unspecified atom stereocenters. The van der Waals surface area contributed by atoms with Crippen molar-refractivity contribution in [3.63, 3.8) is 0 Å². The van der Waals surface area contributed by atoms with Crippen LogP contribution in [0, 0.1) is 0 Å². The van der Waals surface area contributed by atoms with E-state index in [4.69, 9.17) is 24.4 Å². The van der Waals surface area contributed by atoms with Gasteiger partial charge in [0.2, 0.25) is 0 Å². The number of nitrogens with zero attached hydrogens (tertiary/aromatic N) is 1. The van der Waals surface area contributed by atoms with Gasteiger partial charge in [-0.05, 0) is 49.2 Å². The molecule has 3 rings (SSSR count). The molecule has 0 aromatic heterocycles. The molecule has 0 saturated heterocycles. The fourth-order valence-electron chi connectivity index (χ4n) is 3.67. The van der Waals surface area contributed by atoms with E-state index in [-0.39, 0.29) is 0 Å². The summed E-state index contributed by atoms with van der Waals surface area (Å²) < 4.78 is 16.4. The molecule has 0 radical (unpaired) electrons. The highest BCUT2D eigenvalue weighted by atomic mass is 16.5. The predicted molar refractivity (Wildman–Crippen MR) is 120 cm³/mol. The quantitative estimate of drug-likeness (QED) is 0.629. The molecule has 0 bridgehead atoms. The molecule has 0 saturated carbocycles. The fraction of sp³-hybridized carbons (Fsp3) is 0.333. The molecular weight excluding hydrogens is 414 g/mol. The minimum atomic E-state index is -1.26. The lowest BCUT2D eigenvalue weighted by molar-refractivity contribution is -0.134. The molecule has 2 aromatic rings. The highest BCUT2D eigenvalue weighted by Gasteiger charge is 2.28. The van der Waals surface area contributed by atoms with E-state index in [0.717, 1.165) is 36.6 Å². The second-order valence-corrected chi connectivity index (χ2v) is 7.18. The molecule has 1 aliphatic rings. The molecule has 32 heavy (non-hydrogen) atoms. The zero-order valence-electron chi connectivity index (χ0n) is 18.7. The molecule has 1 atom stereocenters. The van der Waals surface area contributed by atoms with E-state index >= 15 is 0 Å². The first-order valence-corrected chi connectivity index (χ1v) is 10.0. The van der Waals surface area contributed by atoms with Crippen LogP contribution in [0.15, 0.2) is 48.6 Å². The van der Waals surface area contributed by atoms with E-state index < -0.39 is 11.9 Å². The van der Waals surface area contributed by atoms with Crippen LogP contribution >= 0.6 is 0 Å². The molecule has 2 N–H and O–H groups in total. The summed E-state index contributed by atoms with van der Waals surface area (Å²) >= 11 is 0. The van der Waals surface area contributed by atoms with Crippen molar-refractivity contribution in [2.24, 2.45) is 0 Å². The van der Waals surface area contributed by atoms with Crippen molar-refractivity contribution in [2.45, 2.75) is 18.9 Å². The van der Waals surface area contributed by atoms with Crippen LogP contribution in [-0.4, -0.2) is 62.0 Å². The first-order chi connectivity index (χ1) is 15.3. The summed E-state index contributed by atoms with van der Waals surface area (Å²) in [6.07, 6.45) is 3.08. The van der Waals surface area contributed by atoms with Gasteiger partial charge in [0.05, 0.1) is 21.3 Å². The number of likely N-dealkylation sites (N-methyl/N-ethyl adjacent to an activating group) is 1. The maximum absolute atomic E-state index is 9.55. The van der Waals surface area contributed by atoms with Crippen LogP contribution < -0.4 is 14.2 Å². The van der Waals surface area contributed by atoms with Gasteiger partial charge in [0.25, 0.3) is 0 Å². The normalized spacial score (nSPS) is 15.3. The van der Waals surface area contributed by atoms with Gasteiger partial charge in [-0.2, -0.15) is 0 Å². The summed E-state index contributed by atoms with van der Waals surface area (Å²) in [5.41, 5.74) is 3.92. The fourth-order valence-corrected chi connectivity index (χ4v) is 3.67. The summed E-state index contributed by atoms with van der Waals surface area (Å²) in [6.45, 7) is 1.05. The van der Waals surface area contributed by atoms with Gasteiger partial charge in [0.1, 0.15) is 5.75 Å². The van der Waals surface area contributed by atoms with E-state index in [1.54, 1.807) is 21.3 Å². The minimum absolute atomic E-state index is 0.294. The summed E-state index contributed by atoms with van der Waals surface area (Å²) in [5.74, 6) is -0.00531. The van der Waals surface area contributed by atoms with Gasteiger partial charge in [-0.3, -0.25) is 4.90 Å². The van der Waals surface area contributed by atoms with Crippen molar-refractivity contribution in [2.75, 3.05) is 34.9 Å². The van der Waals surface area contributed by atoms with E-state index in [2.05, 4.69) is 42.3 Å². The van der Waals surface area contributed by atoms with Gasteiger partial charge < -0.3 is 24.4 Å². The second-order valence-electron chi connectivity index (χ2n) is 7.18. The summed E-state index contributed by atoms with van der Waals surface area (Å²) in [7, 11) is 7.26. The number of hydrogen-bond donors (Lipinski definition) is 2. The molecule has 8 nitrogen and oxygen atoms in total. The van der Waals surface area contributed by atoms with Crippen LogP contribution in [0.3, 0.4) is 0 Å². The predicted octanol–water partition coefficient (Wildman–Crippen LogP) is 3.20. The average molecular weight is 443 g/mol. The highest BCUT2D eigenvalue weighted by molar-refractivity contribution is 5.89. The van der Waals surface area contributed by atoms with E-state index in [1.807, 2.05) is 6.07 Å². The number of hydrogen-bond acceptors (Lipinski definition) is 6. The van der Waals surface area contributed by atoms with Crippen LogP contribution in [0.4, 0.5) is 0 Å². The number of methoxy groups -OCH3 is 3. The number of fused-ring (bicyclic) bond motifs is 1. The summed E-state index contributed by atoms with van der Waals surface area (Å²) in [4.78, 5) is 21.5. The molecule has 0 fully saturated rings. The van der Waals surface area contributed by atoms with Crippen LogP contribution in [-0.2, 0) is 22.4 Å². The Morgan fingerprint density at radius 1 is 0.969 bits per heavy atom. The van der Waals surface area contributed by atoms with Crippen molar-refractivity contribution in [3.8, 4) is 17.2 Å². The number of carboxylic acid groups (broad SMARTS) is 2. The van der Waals surface area contributed by atoms with E-state index in [0.29, 0.717) is 18.2 Å². The van der Waals surface area contributed by atoms with Crippen LogP contribution in [0.5, 0.6) is 17.2 Å². The van der Waals surface area contributed by atoms with Crippen molar-refractivity contribution in [1.29, 1.82) is 0 Å². The van der Waals surface area contributed by atoms with Crippen LogP contribution in [0.1, 0.15) is 22.7 Å². The topological polar surface area (TPSA) is 106 Å². The number of aliphatic carboxylic acids is 2. The molecule has 0 spiro atoms. The van der Waals surface area contributed by atoms with Crippen molar-refractivity contribution < 1.29 is 34.0 Å². The number of benzene rings is 2. The monoisotopic (exact) mass is 443 g/mol. The second kappa shape index (κ2) is 11.8. The third-order valence-electron chi connectivity index (χ3n) is 5.22. The largest absolute Gasteiger partial charge is 0.496 e. The van der Waals surface area contributed by atoms with Gasteiger partial charge in [-0.25, -0.2) is 9.59 Å². The Hall–Kier alpha value is -3.52. The lowest BCUT2D eigenvalue weighted by Crippen LogP contribution is -2.33. The Labute approximate surface area is 187 Å². The van der Waals surface area contributed by atoms with Crippen LogP contribution in [0.25, 0.3) is 0 Å². The zero-order valence-corrected chi connectivity index (χ0v) is 18.7. The Morgan fingerprint density at radius 2 is 1.59 bits per heavy atom. The van der Waals surface area contributed by atoms with Gasteiger partial charge in [-0.1, -0.05) is 18.2 Å². The molecule has 0 amide bonds. The number of carboxylic acids is 2. The van der Waals surface area contributed by atoms with Crippen molar-refractivity contribution in [3.05, 3.63) is 65.2 Å². The SMILES string of the molecule is COc1ccc(CC2c3c(cccc3OC)CCN2C)cc1OC.O=C(O)/C=C/C(=O)O. The standard InChI is InChI=1S/C20H25NO3.C4H4O4/c1-21-11-10-15-6-5-7-18(23-3)20(15)16(21)12-14-8-9-17(22-2)19(13-14)24-4;5-3(6)1-2-4(7)8/h5-9,13,16H,10-12H2,1-4H3;1-2H,(H,5,6)(H,7,8)/b;2-1+. The Bertz CT molecular complexity index is 941. The molecule has 0 aliphatic carbocycles. The first-order valence-electron chi connectivity index (χ1n) is 10.0. The number of ether oxygens (including phenoxy) is 3. The summed E-state index contributed by atoms with van der Waals surface area (Å²) in [6, 6.07) is 12.8. The number of carbonyl (C=O) groups is 2. The summed E-state index contributed by atoms with van der Waals surface area (Å²) in [5, 5.41) is 15.6. The smallest absolute Gasteiger partial charge is 0.328 e. The molecular formula is C24H29NO7. The number of rotatable bonds is 7. The average Bonchev–Trinajstić information content (AvgIpc) is 2.79. The molecule has 8 heteroatoms. The molecule has 1 aliphatic heterocycles. The highest BCUT2D eigenvalue weighted by Crippen LogP contribution is 2.38. The third kappa shape index (κ3) is 6.49. The minimum Gasteiger partial charge on any atom is -0.496 e. The Balaban J connectivity index is 0.000000390. The van der Waals surface area contributed by atoms with Gasteiger partial charge >= 0.3 is 11.9 Å². The third-order valence-corrected chi connectivity index (χ3v) is 5.22. The van der Waals surface area contributed by atoms with Crippen molar-refractivity contribution >= 4 is 11.9 Å². The molecule has 172 valence electrons. The van der Waals surface area contributed by atoms with Gasteiger partial charge in [-0.15, -0.1) is 0 Å². The Kier molecular flexibility index (Phi) is 9.09. The van der Waals surface area contributed by atoms with Gasteiger partial charge in [0, 0.05) is 30.3 Å². The van der Waals surface area contributed by atoms with Crippen LogP contribution in [0.2, 0.25) is 0 Å².